The Morgan fingerprint density at radius 2 is 0.534 bits per heavy atom. The Kier molecular flexibility index (Phi) is 76.3. The predicted molar refractivity (Wildman–Crippen MR) is 389 cm³/mol. The molecule has 522 valence electrons. The van der Waals surface area contributed by atoms with Crippen molar-refractivity contribution in [2.24, 2.45) is 0 Å². The van der Waals surface area contributed by atoms with Crippen LogP contribution in [0.5, 0.6) is 0 Å². The van der Waals surface area contributed by atoms with Crippen molar-refractivity contribution in [1.29, 1.82) is 0 Å². The fourth-order valence-electron chi connectivity index (χ4n) is 13.0. The number of esters is 1. The fourth-order valence-corrected chi connectivity index (χ4v) is 13.0. The number of nitrogens with one attached hydrogen (secondary N) is 1. The van der Waals surface area contributed by atoms with Gasteiger partial charge in [0.1, 0.15) is 0 Å². The molecule has 1 amide bonds. The number of unbranched alkanes of at least 4 members (excludes halogenated alkanes) is 64. The van der Waals surface area contributed by atoms with E-state index in [2.05, 4.69) is 31.3 Å². The van der Waals surface area contributed by atoms with Gasteiger partial charge in [-0.25, -0.2) is 0 Å². The SMILES string of the molecule is CCCCCCCCCCCCCCCCCCCCC/C=C/C(O)C(CO)NC(=O)CCCCCCCCCCCCCCCCCCC/C=C\CCCCCCCCCCCCCCCCOC(=O)CCCCCCCCCCCCCCCCC. The average molecular weight is 1240 g/mol. The lowest BCUT2D eigenvalue weighted by Crippen LogP contribution is -2.45. The molecule has 0 aromatic heterocycles. The normalized spacial score (nSPS) is 12.5. The average Bonchev–Trinajstić information content (AvgIpc) is 3.57. The zero-order valence-electron chi connectivity index (χ0n) is 60.0. The first-order valence-electron chi connectivity index (χ1n) is 40.6. The second-order valence-electron chi connectivity index (χ2n) is 28.1. The van der Waals surface area contributed by atoms with Crippen molar-refractivity contribution in [3.05, 3.63) is 24.3 Å². The smallest absolute Gasteiger partial charge is 0.305 e. The maximum Gasteiger partial charge on any atom is 0.305 e. The van der Waals surface area contributed by atoms with Gasteiger partial charge in [-0.05, 0) is 57.8 Å². The summed E-state index contributed by atoms with van der Waals surface area (Å²) < 4.78 is 5.51. The summed E-state index contributed by atoms with van der Waals surface area (Å²) in [6.07, 6.45) is 100. The van der Waals surface area contributed by atoms with Crippen molar-refractivity contribution < 1.29 is 24.5 Å². The second-order valence-corrected chi connectivity index (χ2v) is 28.1. The highest BCUT2D eigenvalue weighted by Crippen LogP contribution is 2.20. The van der Waals surface area contributed by atoms with E-state index < -0.39 is 12.1 Å². The molecule has 0 bridgehead atoms. The van der Waals surface area contributed by atoms with Gasteiger partial charge >= 0.3 is 5.97 Å². The first-order valence-corrected chi connectivity index (χ1v) is 40.6. The van der Waals surface area contributed by atoms with Crippen molar-refractivity contribution in [3.63, 3.8) is 0 Å². The standard InChI is InChI=1S/C82H159NO5/c1-3-5-7-9-11-13-15-17-19-20-21-37-40-43-47-50-54-58-62-66-70-74-80(85)79(78-84)83-81(86)75-71-67-63-59-55-51-48-44-41-38-35-33-31-29-27-25-23-22-24-26-28-30-32-34-36-39-42-45-49-53-57-61-65-69-73-77-88-82(87)76-72-68-64-60-56-52-46-18-16-14-12-10-8-6-4-2/h24,26,70,74,79-80,84-85H,3-23,25,27-69,71-73,75-78H2,1-2H3,(H,83,86)/b26-24-,74-70+. The van der Waals surface area contributed by atoms with Crippen LogP contribution in [0.15, 0.2) is 24.3 Å². The molecule has 88 heavy (non-hydrogen) atoms. The Morgan fingerprint density at radius 1 is 0.307 bits per heavy atom. The monoisotopic (exact) mass is 1240 g/mol. The fraction of sp³-hybridized carbons (Fsp3) is 0.927. The number of amides is 1. The second kappa shape index (κ2) is 77.8. The van der Waals surface area contributed by atoms with Gasteiger partial charge in [-0.15, -0.1) is 0 Å². The lowest BCUT2D eigenvalue weighted by Gasteiger charge is -2.20. The first kappa shape index (κ1) is 86.3. The first-order chi connectivity index (χ1) is 43.5. The highest BCUT2D eigenvalue weighted by Gasteiger charge is 2.18. The van der Waals surface area contributed by atoms with Gasteiger partial charge in [0.25, 0.3) is 0 Å². The molecule has 6 nitrogen and oxygen atoms in total. The van der Waals surface area contributed by atoms with Crippen LogP contribution in [0.3, 0.4) is 0 Å². The molecule has 0 aliphatic heterocycles. The van der Waals surface area contributed by atoms with Gasteiger partial charge in [0.15, 0.2) is 0 Å². The van der Waals surface area contributed by atoms with Gasteiger partial charge in [-0.1, -0.05) is 417 Å². The molecule has 0 aromatic carbocycles. The predicted octanol–water partition coefficient (Wildman–Crippen LogP) is 26.8. The van der Waals surface area contributed by atoms with Crippen LogP contribution >= 0.6 is 0 Å². The molecule has 0 saturated heterocycles. The number of hydrogen-bond donors (Lipinski definition) is 3. The van der Waals surface area contributed by atoms with Crippen LogP contribution in [0.4, 0.5) is 0 Å². The topological polar surface area (TPSA) is 95.9 Å². The third kappa shape index (κ3) is 73.4. The van der Waals surface area contributed by atoms with Gasteiger partial charge < -0.3 is 20.3 Å². The third-order valence-electron chi connectivity index (χ3n) is 19.2. The maximum absolute atomic E-state index is 12.5. The van der Waals surface area contributed by atoms with E-state index in [4.69, 9.17) is 4.74 Å². The number of hydrogen-bond acceptors (Lipinski definition) is 5. The summed E-state index contributed by atoms with van der Waals surface area (Å²) in [5.74, 6) is -0.0355. The molecule has 0 rings (SSSR count). The number of rotatable bonds is 77. The number of aliphatic hydroxyl groups excluding tert-OH is 2. The minimum atomic E-state index is -0.843. The van der Waals surface area contributed by atoms with E-state index >= 15 is 0 Å². The maximum atomic E-state index is 12.5. The third-order valence-corrected chi connectivity index (χ3v) is 19.2. The molecule has 0 aromatic rings. The minimum Gasteiger partial charge on any atom is -0.466 e. The van der Waals surface area contributed by atoms with Crippen molar-refractivity contribution in [2.75, 3.05) is 13.2 Å². The molecule has 0 fully saturated rings. The molecule has 6 heteroatoms. The van der Waals surface area contributed by atoms with Gasteiger partial charge in [0, 0.05) is 12.8 Å². The van der Waals surface area contributed by atoms with Crippen molar-refractivity contribution in [2.45, 2.75) is 475 Å². The van der Waals surface area contributed by atoms with Crippen LogP contribution < -0.4 is 5.32 Å². The molecule has 0 saturated carbocycles. The van der Waals surface area contributed by atoms with E-state index in [9.17, 15) is 19.8 Å². The zero-order valence-corrected chi connectivity index (χ0v) is 60.0. The molecular formula is C82H159NO5. The molecule has 2 atom stereocenters. The molecular weight excluding hydrogens is 1080 g/mol. The Labute approximate surface area is 551 Å². The summed E-state index contributed by atoms with van der Waals surface area (Å²) in [5, 5.41) is 23.3. The zero-order chi connectivity index (χ0) is 63.5. The number of allylic oxidation sites excluding steroid dienone is 3. The van der Waals surface area contributed by atoms with Crippen LogP contribution in [0.1, 0.15) is 463 Å². The number of carbonyl (C=O) groups is 2. The minimum absolute atomic E-state index is 0.0239. The Bertz CT molecular complexity index is 1380. The Balaban J connectivity index is 3.35. The summed E-state index contributed by atoms with van der Waals surface area (Å²) in [7, 11) is 0. The highest BCUT2D eigenvalue weighted by molar-refractivity contribution is 5.76. The van der Waals surface area contributed by atoms with E-state index in [-0.39, 0.29) is 18.5 Å². The van der Waals surface area contributed by atoms with Crippen molar-refractivity contribution in [3.8, 4) is 0 Å². The summed E-state index contributed by atoms with van der Waals surface area (Å²) in [6, 6.07) is -0.626. The molecule has 0 aliphatic rings. The quantitative estimate of drug-likeness (QED) is 0.0320. The summed E-state index contributed by atoms with van der Waals surface area (Å²) in [5.41, 5.74) is 0. The van der Waals surface area contributed by atoms with Crippen molar-refractivity contribution >= 4 is 11.9 Å². The van der Waals surface area contributed by atoms with Crippen LogP contribution in [0.2, 0.25) is 0 Å². The van der Waals surface area contributed by atoms with Gasteiger partial charge in [0.05, 0.1) is 25.4 Å². The lowest BCUT2D eigenvalue weighted by atomic mass is 10.0. The summed E-state index contributed by atoms with van der Waals surface area (Å²) in [4.78, 5) is 24.6. The van der Waals surface area contributed by atoms with Crippen LogP contribution in [0.25, 0.3) is 0 Å². The van der Waals surface area contributed by atoms with Gasteiger partial charge in [0.2, 0.25) is 5.91 Å². The van der Waals surface area contributed by atoms with Crippen molar-refractivity contribution in [1.82, 2.24) is 5.32 Å². The van der Waals surface area contributed by atoms with E-state index in [1.54, 1.807) is 6.08 Å². The van der Waals surface area contributed by atoms with Gasteiger partial charge in [-0.2, -0.15) is 0 Å². The number of carbonyl (C=O) groups excluding carboxylic acids is 2. The van der Waals surface area contributed by atoms with E-state index in [0.717, 1.165) is 38.5 Å². The molecule has 0 radical (unpaired) electrons. The number of aliphatic hydroxyl groups is 2. The van der Waals surface area contributed by atoms with Crippen LogP contribution in [0, 0.1) is 0 Å². The Morgan fingerprint density at radius 3 is 0.807 bits per heavy atom. The molecule has 3 N–H and O–H groups in total. The lowest BCUT2D eigenvalue weighted by molar-refractivity contribution is -0.143. The molecule has 0 aliphatic carbocycles. The van der Waals surface area contributed by atoms with E-state index in [0.29, 0.717) is 19.4 Å². The molecule has 0 heterocycles. The molecule has 0 spiro atoms. The van der Waals surface area contributed by atoms with Crippen LogP contribution in [-0.4, -0.2) is 47.4 Å². The van der Waals surface area contributed by atoms with E-state index in [1.165, 1.54) is 398 Å². The summed E-state index contributed by atoms with van der Waals surface area (Å²) in [6.45, 7) is 4.96. The van der Waals surface area contributed by atoms with Crippen LogP contribution in [-0.2, 0) is 14.3 Å². The highest BCUT2D eigenvalue weighted by atomic mass is 16.5. The largest absolute Gasteiger partial charge is 0.466 e. The number of ether oxygens (including phenoxy) is 1. The molecule has 2 unspecified atom stereocenters. The van der Waals surface area contributed by atoms with E-state index in [1.807, 2.05) is 6.08 Å². The van der Waals surface area contributed by atoms with Gasteiger partial charge in [-0.3, -0.25) is 9.59 Å². The summed E-state index contributed by atoms with van der Waals surface area (Å²) >= 11 is 0. The Hall–Kier alpha value is -1.66.